The first-order chi connectivity index (χ1) is 35.0. The highest BCUT2D eigenvalue weighted by molar-refractivity contribution is 5.71. The Morgan fingerprint density at radius 3 is 0.803 bits per heavy atom. The molecule has 6 nitrogen and oxygen atoms in total. The Labute approximate surface area is 443 Å². The second-order valence-electron chi connectivity index (χ2n) is 21.7. The van der Waals surface area contributed by atoms with Crippen LogP contribution in [0.15, 0.2) is 24.3 Å². The topological polar surface area (TPSA) is 78.9 Å². The Morgan fingerprint density at radius 1 is 0.282 bits per heavy atom. The molecule has 0 aromatic carbocycles. The van der Waals surface area contributed by atoms with E-state index in [0.717, 1.165) is 64.2 Å². The Balaban J connectivity index is 4.28. The number of ether oxygens (including phenoxy) is 3. The third-order valence-corrected chi connectivity index (χ3v) is 14.5. The number of carbonyl (C=O) groups excluding carboxylic acids is 3. The first-order valence-electron chi connectivity index (χ1n) is 31.8. The van der Waals surface area contributed by atoms with Gasteiger partial charge in [0, 0.05) is 19.3 Å². The van der Waals surface area contributed by atoms with E-state index >= 15 is 0 Å². The van der Waals surface area contributed by atoms with Crippen molar-refractivity contribution in [1.29, 1.82) is 0 Å². The van der Waals surface area contributed by atoms with Gasteiger partial charge in [0.15, 0.2) is 6.10 Å². The number of esters is 3. The molecule has 0 saturated heterocycles. The first-order valence-corrected chi connectivity index (χ1v) is 31.8. The Bertz CT molecular complexity index is 1150. The maximum atomic E-state index is 12.9. The van der Waals surface area contributed by atoms with E-state index < -0.39 is 6.10 Å². The summed E-state index contributed by atoms with van der Waals surface area (Å²) in [5, 5.41) is 0. The molecule has 0 bridgehead atoms. The lowest BCUT2D eigenvalue weighted by Crippen LogP contribution is -2.30. The van der Waals surface area contributed by atoms with E-state index in [2.05, 4.69) is 45.1 Å². The van der Waals surface area contributed by atoms with Crippen LogP contribution in [-0.2, 0) is 28.6 Å². The summed E-state index contributed by atoms with van der Waals surface area (Å²) in [4.78, 5) is 38.3. The van der Waals surface area contributed by atoms with Crippen molar-refractivity contribution in [3.05, 3.63) is 24.3 Å². The van der Waals surface area contributed by atoms with Crippen molar-refractivity contribution >= 4 is 17.9 Å². The SMILES string of the molecule is CCCCC/C=C\C/C=C\CCCCCCCCCCCC(=O)OC[C@H](COC(=O)CCCCCCCCCCCCCCC)OC(=O)CCCCCCCCCCCCCCCCCCCCCCC. The fourth-order valence-corrected chi connectivity index (χ4v) is 9.65. The number of allylic oxidation sites excluding steroid dienone is 4. The number of hydrogen-bond acceptors (Lipinski definition) is 6. The maximum Gasteiger partial charge on any atom is 0.306 e. The van der Waals surface area contributed by atoms with Crippen LogP contribution >= 0.6 is 0 Å². The molecule has 0 aromatic heterocycles. The van der Waals surface area contributed by atoms with Crippen LogP contribution in [0.4, 0.5) is 0 Å². The van der Waals surface area contributed by atoms with Gasteiger partial charge in [0.2, 0.25) is 0 Å². The van der Waals surface area contributed by atoms with Gasteiger partial charge in [0.1, 0.15) is 13.2 Å². The van der Waals surface area contributed by atoms with Gasteiger partial charge in [0.25, 0.3) is 0 Å². The Hall–Kier alpha value is -2.11. The van der Waals surface area contributed by atoms with Crippen molar-refractivity contribution in [2.75, 3.05) is 13.2 Å². The zero-order chi connectivity index (χ0) is 51.4. The quantitative estimate of drug-likeness (QED) is 0.0261. The van der Waals surface area contributed by atoms with E-state index in [1.807, 2.05) is 0 Å². The van der Waals surface area contributed by atoms with Gasteiger partial charge in [0.05, 0.1) is 0 Å². The molecule has 6 heteroatoms. The van der Waals surface area contributed by atoms with E-state index in [1.54, 1.807) is 0 Å². The lowest BCUT2D eigenvalue weighted by atomic mass is 10.0. The predicted molar refractivity (Wildman–Crippen MR) is 307 cm³/mol. The van der Waals surface area contributed by atoms with Crippen molar-refractivity contribution < 1.29 is 28.6 Å². The van der Waals surface area contributed by atoms with Crippen LogP contribution in [0.5, 0.6) is 0 Å². The van der Waals surface area contributed by atoms with Crippen LogP contribution in [0.3, 0.4) is 0 Å². The molecule has 0 saturated carbocycles. The highest BCUT2D eigenvalue weighted by Crippen LogP contribution is 2.18. The zero-order valence-electron chi connectivity index (χ0n) is 48.0. The molecule has 0 aliphatic rings. The van der Waals surface area contributed by atoms with Crippen LogP contribution in [0.25, 0.3) is 0 Å². The molecule has 1 atom stereocenters. The third-order valence-electron chi connectivity index (χ3n) is 14.5. The fourth-order valence-electron chi connectivity index (χ4n) is 9.65. The normalized spacial score (nSPS) is 12.1. The van der Waals surface area contributed by atoms with Crippen molar-refractivity contribution in [3.63, 3.8) is 0 Å². The monoisotopic (exact) mass is 999 g/mol. The lowest BCUT2D eigenvalue weighted by molar-refractivity contribution is -0.167. The number of rotatable bonds is 59. The molecule has 0 radical (unpaired) electrons. The molecule has 0 aliphatic heterocycles. The van der Waals surface area contributed by atoms with Crippen molar-refractivity contribution in [3.8, 4) is 0 Å². The van der Waals surface area contributed by atoms with Gasteiger partial charge in [-0.15, -0.1) is 0 Å². The summed E-state index contributed by atoms with van der Waals surface area (Å²) in [6.45, 7) is 6.68. The van der Waals surface area contributed by atoms with Gasteiger partial charge in [-0.2, -0.15) is 0 Å². The van der Waals surface area contributed by atoms with Gasteiger partial charge in [-0.05, 0) is 51.4 Å². The molecule has 0 unspecified atom stereocenters. The van der Waals surface area contributed by atoms with Gasteiger partial charge in [-0.1, -0.05) is 308 Å². The summed E-state index contributed by atoms with van der Waals surface area (Å²) in [7, 11) is 0. The smallest absolute Gasteiger partial charge is 0.306 e. The van der Waals surface area contributed by atoms with Crippen LogP contribution in [0.1, 0.15) is 355 Å². The number of unbranched alkanes of at least 4 members (excludes halogenated alkanes) is 44. The minimum absolute atomic E-state index is 0.0663. The summed E-state index contributed by atoms with van der Waals surface area (Å²) < 4.78 is 16.9. The molecular formula is C65H122O6. The first kappa shape index (κ1) is 68.9. The van der Waals surface area contributed by atoms with Gasteiger partial charge < -0.3 is 14.2 Å². The van der Waals surface area contributed by atoms with E-state index in [0.29, 0.717) is 19.3 Å². The minimum atomic E-state index is -0.768. The van der Waals surface area contributed by atoms with E-state index in [1.165, 1.54) is 250 Å². The molecule has 0 aliphatic carbocycles. The highest BCUT2D eigenvalue weighted by Gasteiger charge is 2.19. The predicted octanol–water partition coefficient (Wildman–Crippen LogP) is 21.4. The average molecular weight is 1000 g/mol. The Kier molecular flexibility index (Phi) is 58.6. The molecule has 0 spiro atoms. The van der Waals surface area contributed by atoms with E-state index in [-0.39, 0.29) is 31.1 Å². The lowest BCUT2D eigenvalue weighted by Gasteiger charge is -2.18. The molecule has 0 rings (SSSR count). The average Bonchev–Trinajstić information content (AvgIpc) is 3.37. The molecule has 0 N–H and O–H groups in total. The van der Waals surface area contributed by atoms with Crippen LogP contribution in [0, 0.1) is 0 Å². The van der Waals surface area contributed by atoms with Crippen LogP contribution < -0.4 is 0 Å². The molecular weight excluding hydrogens is 877 g/mol. The summed E-state index contributed by atoms with van der Waals surface area (Å²) in [5.74, 6) is -0.843. The van der Waals surface area contributed by atoms with E-state index in [9.17, 15) is 14.4 Å². The van der Waals surface area contributed by atoms with Crippen molar-refractivity contribution in [2.24, 2.45) is 0 Å². The third kappa shape index (κ3) is 58.7. The molecule has 418 valence electrons. The van der Waals surface area contributed by atoms with E-state index in [4.69, 9.17) is 14.2 Å². The standard InChI is InChI=1S/C65H122O6/c1-4-7-10-13-16-19-22-25-27-29-31-32-34-36-38-41-44-47-50-53-56-59-65(68)71-62(60-69-63(66)57-54-51-48-45-42-39-24-21-18-15-12-9-6-3)61-70-64(67)58-55-52-49-46-43-40-37-35-33-30-28-26-23-20-17-14-11-8-5-2/h17,20,26,28,62H,4-16,18-19,21-25,27,29-61H2,1-3H3/b20-17-,28-26-/t62-/m0/s1. The summed E-state index contributed by atoms with van der Waals surface area (Å²) in [6, 6.07) is 0. The minimum Gasteiger partial charge on any atom is -0.462 e. The van der Waals surface area contributed by atoms with Crippen molar-refractivity contribution in [1.82, 2.24) is 0 Å². The largest absolute Gasteiger partial charge is 0.462 e. The van der Waals surface area contributed by atoms with Crippen molar-refractivity contribution in [2.45, 2.75) is 361 Å². The second-order valence-corrected chi connectivity index (χ2v) is 21.7. The number of carbonyl (C=O) groups is 3. The second kappa shape index (κ2) is 60.4. The summed E-state index contributed by atoms with van der Waals surface area (Å²) in [6.07, 6.45) is 71.8. The van der Waals surface area contributed by atoms with Gasteiger partial charge in [-0.25, -0.2) is 0 Å². The molecule has 0 fully saturated rings. The molecule has 71 heavy (non-hydrogen) atoms. The number of hydrogen-bond donors (Lipinski definition) is 0. The molecule has 0 amide bonds. The Morgan fingerprint density at radius 2 is 0.507 bits per heavy atom. The summed E-state index contributed by atoms with van der Waals surface area (Å²) in [5.41, 5.74) is 0. The highest BCUT2D eigenvalue weighted by atomic mass is 16.6. The summed E-state index contributed by atoms with van der Waals surface area (Å²) >= 11 is 0. The molecule has 0 aromatic rings. The zero-order valence-corrected chi connectivity index (χ0v) is 48.0. The van der Waals surface area contributed by atoms with Gasteiger partial charge in [-0.3, -0.25) is 14.4 Å². The van der Waals surface area contributed by atoms with Crippen LogP contribution in [-0.4, -0.2) is 37.2 Å². The van der Waals surface area contributed by atoms with Crippen LogP contribution in [0.2, 0.25) is 0 Å². The maximum absolute atomic E-state index is 12.9. The van der Waals surface area contributed by atoms with Gasteiger partial charge >= 0.3 is 17.9 Å². The molecule has 0 heterocycles. The fraction of sp³-hybridized carbons (Fsp3) is 0.892.